The lowest BCUT2D eigenvalue weighted by atomic mass is 10.1. The highest BCUT2D eigenvalue weighted by atomic mass is 32.2. The van der Waals surface area contributed by atoms with Crippen LogP contribution in [0.3, 0.4) is 0 Å². The summed E-state index contributed by atoms with van der Waals surface area (Å²) in [5.74, 6) is 1.43. The number of nitrogens with zero attached hydrogens (tertiary/aromatic N) is 1. The van der Waals surface area contributed by atoms with E-state index < -0.39 is 15.1 Å². The second-order valence-corrected chi connectivity index (χ2v) is 9.28. The van der Waals surface area contributed by atoms with Crippen molar-refractivity contribution in [1.29, 1.82) is 0 Å². The summed E-state index contributed by atoms with van der Waals surface area (Å²) in [6.45, 7) is 3.44. The van der Waals surface area contributed by atoms with Crippen LogP contribution in [-0.4, -0.2) is 51.3 Å². The SMILES string of the molecule is CCOc1ccc(CC(=O)N2CCC(S(=O)(=O)c3ccc(OC)cc3)CC2)cc1. The molecule has 1 saturated heterocycles. The maximum Gasteiger partial charge on any atom is 0.226 e. The molecule has 0 aliphatic carbocycles. The van der Waals surface area contributed by atoms with Gasteiger partial charge in [-0.1, -0.05) is 12.1 Å². The minimum Gasteiger partial charge on any atom is -0.497 e. The maximum absolute atomic E-state index is 12.9. The van der Waals surface area contributed by atoms with Crippen LogP contribution in [0.15, 0.2) is 53.4 Å². The van der Waals surface area contributed by atoms with Crippen LogP contribution in [0.4, 0.5) is 0 Å². The van der Waals surface area contributed by atoms with Gasteiger partial charge in [-0.2, -0.15) is 0 Å². The lowest BCUT2D eigenvalue weighted by Crippen LogP contribution is -2.43. The maximum atomic E-state index is 12.9. The van der Waals surface area contributed by atoms with E-state index in [9.17, 15) is 13.2 Å². The average Bonchev–Trinajstić information content (AvgIpc) is 2.75. The lowest BCUT2D eigenvalue weighted by molar-refractivity contribution is -0.131. The Morgan fingerprint density at radius 2 is 1.59 bits per heavy atom. The summed E-state index contributed by atoms with van der Waals surface area (Å²) in [5, 5.41) is -0.467. The Balaban J connectivity index is 1.56. The first-order chi connectivity index (χ1) is 13.9. The molecule has 1 fully saturated rings. The van der Waals surface area contributed by atoms with Gasteiger partial charge < -0.3 is 14.4 Å². The molecule has 0 N–H and O–H groups in total. The number of carbonyl (C=O) groups is 1. The van der Waals surface area contributed by atoms with Gasteiger partial charge in [0.1, 0.15) is 11.5 Å². The molecule has 1 heterocycles. The lowest BCUT2D eigenvalue weighted by Gasteiger charge is -2.32. The van der Waals surface area contributed by atoms with E-state index in [0.717, 1.165) is 11.3 Å². The summed E-state index contributed by atoms with van der Waals surface area (Å²) in [5.41, 5.74) is 0.923. The van der Waals surface area contributed by atoms with E-state index >= 15 is 0 Å². The number of rotatable bonds is 7. The third-order valence-corrected chi connectivity index (χ3v) is 7.49. The van der Waals surface area contributed by atoms with Gasteiger partial charge in [-0.25, -0.2) is 8.42 Å². The first-order valence-corrected chi connectivity index (χ1v) is 11.4. The first kappa shape index (κ1) is 21.2. The van der Waals surface area contributed by atoms with Crippen LogP contribution in [0, 0.1) is 0 Å². The molecular weight excluding hydrogens is 390 g/mol. The first-order valence-electron chi connectivity index (χ1n) is 9.81. The molecule has 3 rings (SSSR count). The molecule has 0 spiro atoms. The highest BCUT2D eigenvalue weighted by Crippen LogP contribution is 2.26. The number of methoxy groups -OCH3 is 1. The van der Waals surface area contributed by atoms with Crippen LogP contribution in [0.2, 0.25) is 0 Å². The number of likely N-dealkylation sites (tertiary alicyclic amines) is 1. The molecule has 0 saturated carbocycles. The van der Waals surface area contributed by atoms with Gasteiger partial charge in [-0.3, -0.25) is 4.79 Å². The number of ether oxygens (including phenoxy) is 2. The van der Waals surface area contributed by atoms with E-state index in [1.54, 1.807) is 36.3 Å². The van der Waals surface area contributed by atoms with Gasteiger partial charge in [-0.05, 0) is 61.7 Å². The molecule has 156 valence electrons. The van der Waals surface area contributed by atoms with Crippen molar-refractivity contribution in [3.63, 3.8) is 0 Å². The molecular formula is C22H27NO5S. The molecule has 7 heteroatoms. The van der Waals surface area contributed by atoms with Crippen molar-refractivity contribution >= 4 is 15.7 Å². The minimum atomic E-state index is -3.41. The molecule has 2 aromatic carbocycles. The van der Waals surface area contributed by atoms with Crippen LogP contribution in [0.5, 0.6) is 11.5 Å². The molecule has 6 nitrogen and oxygen atoms in total. The Hall–Kier alpha value is -2.54. The number of amides is 1. The number of sulfone groups is 1. The zero-order valence-electron chi connectivity index (χ0n) is 16.8. The van der Waals surface area contributed by atoms with E-state index in [1.807, 2.05) is 31.2 Å². The Morgan fingerprint density at radius 1 is 1.00 bits per heavy atom. The van der Waals surface area contributed by atoms with Gasteiger partial charge in [0.2, 0.25) is 5.91 Å². The summed E-state index contributed by atoms with van der Waals surface area (Å²) in [4.78, 5) is 14.7. The molecule has 0 bridgehead atoms. The van der Waals surface area contributed by atoms with Gasteiger partial charge in [0.15, 0.2) is 9.84 Å². The van der Waals surface area contributed by atoms with Crippen LogP contribution in [0.1, 0.15) is 25.3 Å². The molecule has 1 aliphatic heterocycles. The van der Waals surface area contributed by atoms with Crippen molar-refractivity contribution in [3.8, 4) is 11.5 Å². The molecule has 29 heavy (non-hydrogen) atoms. The molecule has 0 atom stereocenters. The second kappa shape index (κ2) is 9.31. The molecule has 1 aliphatic rings. The Labute approximate surface area is 172 Å². The molecule has 1 amide bonds. The van der Waals surface area contributed by atoms with E-state index in [1.165, 1.54) is 0 Å². The number of hydrogen-bond acceptors (Lipinski definition) is 5. The zero-order chi connectivity index (χ0) is 20.9. The minimum absolute atomic E-state index is 0.0226. The predicted molar refractivity (Wildman–Crippen MR) is 111 cm³/mol. The van der Waals surface area contributed by atoms with Gasteiger partial charge in [0.25, 0.3) is 0 Å². The van der Waals surface area contributed by atoms with Gasteiger partial charge in [-0.15, -0.1) is 0 Å². The van der Waals surface area contributed by atoms with Gasteiger partial charge in [0, 0.05) is 13.1 Å². The number of hydrogen-bond donors (Lipinski definition) is 0. The highest BCUT2D eigenvalue weighted by molar-refractivity contribution is 7.92. The molecule has 0 aromatic heterocycles. The summed E-state index contributed by atoms with van der Waals surface area (Å²) in [6.07, 6.45) is 1.20. The van der Waals surface area contributed by atoms with Gasteiger partial charge >= 0.3 is 0 Å². The standard InChI is InChI=1S/C22H27NO5S/c1-3-28-19-6-4-17(5-7-19)16-22(24)23-14-12-21(13-15-23)29(25,26)20-10-8-18(27-2)9-11-20/h4-11,21H,3,12-16H2,1-2H3. The fourth-order valence-electron chi connectivity index (χ4n) is 3.53. The fraction of sp³-hybridized carbons (Fsp3) is 0.409. The summed E-state index contributed by atoms with van der Waals surface area (Å²) >= 11 is 0. The third kappa shape index (κ3) is 5.09. The van der Waals surface area contributed by atoms with Crippen LogP contribution < -0.4 is 9.47 Å². The van der Waals surface area contributed by atoms with Crippen molar-refractivity contribution in [1.82, 2.24) is 4.90 Å². The van der Waals surface area contributed by atoms with Crippen molar-refractivity contribution in [2.75, 3.05) is 26.8 Å². The van der Waals surface area contributed by atoms with Crippen LogP contribution in [-0.2, 0) is 21.1 Å². The van der Waals surface area contributed by atoms with Crippen molar-refractivity contribution in [2.24, 2.45) is 0 Å². The summed E-state index contributed by atoms with van der Waals surface area (Å²) < 4.78 is 36.3. The van der Waals surface area contributed by atoms with Crippen LogP contribution >= 0.6 is 0 Å². The van der Waals surface area contributed by atoms with Crippen LogP contribution in [0.25, 0.3) is 0 Å². The average molecular weight is 418 g/mol. The van der Waals surface area contributed by atoms with Gasteiger partial charge in [0.05, 0.1) is 30.3 Å². The zero-order valence-corrected chi connectivity index (χ0v) is 17.7. The smallest absolute Gasteiger partial charge is 0.226 e. The third-order valence-electron chi connectivity index (χ3n) is 5.21. The highest BCUT2D eigenvalue weighted by Gasteiger charge is 2.32. The number of benzene rings is 2. The van der Waals surface area contributed by atoms with E-state index in [0.29, 0.717) is 49.6 Å². The second-order valence-electron chi connectivity index (χ2n) is 7.05. The number of piperidine rings is 1. The monoisotopic (exact) mass is 417 g/mol. The van der Waals surface area contributed by atoms with E-state index in [2.05, 4.69) is 0 Å². The predicted octanol–water partition coefficient (Wildman–Crippen LogP) is 3.10. The molecule has 0 unspecified atom stereocenters. The Morgan fingerprint density at radius 3 is 2.14 bits per heavy atom. The summed E-state index contributed by atoms with van der Waals surface area (Å²) in [6, 6.07) is 14.0. The normalized spacial score (nSPS) is 15.2. The van der Waals surface area contributed by atoms with Crippen molar-refractivity contribution in [3.05, 3.63) is 54.1 Å². The Bertz CT molecular complexity index is 915. The van der Waals surface area contributed by atoms with E-state index in [-0.39, 0.29) is 5.91 Å². The largest absolute Gasteiger partial charge is 0.497 e. The molecule has 0 radical (unpaired) electrons. The summed E-state index contributed by atoms with van der Waals surface area (Å²) in [7, 11) is -1.87. The van der Waals surface area contributed by atoms with Crippen molar-refractivity contribution in [2.45, 2.75) is 36.3 Å². The topological polar surface area (TPSA) is 72.9 Å². The molecule has 2 aromatic rings. The quantitative estimate of drug-likeness (QED) is 0.692. The van der Waals surface area contributed by atoms with Crippen molar-refractivity contribution < 1.29 is 22.7 Å². The van der Waals surface area contributed by atoms with E-state index in [4.69, 9.17) is 9.47 Å². The Kier molecular flexibility index (Phi) is 6.79. The fourth-order valence-corrected chi connectivity index (χ4v) is 5.26. The number of carbonyl (C=O) groups excluding carboxylic acids is 1.